The van der Waals surface area contributed by atoms with E-state index < -0.39 is 0 Å². The Kier molecular flexibility index (Phi) is 4.25. The predicted octanol–water partition coefficient (Wildman–Crippen LogP) is 3.86. The van der Waals surface area contributed by atoms with E-state index in [2.05, 4.69) is 38.0 Å². The third kappa shape index (κ3) is 2.98. The van der Waals surface area contributed by atoms with E-state index in [-0.39, 0.29) is 5.88 Å². The Morgan fingerprint density at radius 1 is 1.21 bits per heavy atom. The van der Waals surface area contributed by atoms with Crippen molar-refractivity contribution in [2.45, 2.75) is 40.2 Å². The molecule has 19 heavy (non-hydrogen) atoms. The number of hydrogen-bond acceptors (Lipinski definition) is 2. The van der Waals surface area contributed by atoms with Crippen molar-refractivity contribution in [3.8, 4) is 17.1 Å². The summed E-state index contributed by atoms with van der Waals surface area (Å²) in [5, 5.41) is 14.4. The Balaban J connectivity index is 2.53. The average Bonchev–Trinajstić information content (AvgIpc) is 2.67. The maximum absolute atomic E-state index is 10.1. The van der Waals surface area contributed by atoms with Crippen LogP contribution in [0.3, 0.4) is 0 Å². The van der Waals surface area contributed by atoms with Crippen LogP contribution >= 0.6 is 0 Å². The van der Waals surface area contributed by atoms with E-state index in [0.29, 0.717) is 5.92 Å². The molecule has 1 N–H and O–H groups in total. The molecule has 2 rings (SSSR count). The van der Waals surface area contributed by atoms with Gasteiger partial charge in [-0.2, -0.15) is 0 Å². The lowest BCUT2D eigenvalue weighted by molar-refractivity contribution is 0.418. The monoisotopic (exact) mass is 258 g/mol. The van der Waals surface area contributed by atoms with Crippen molar-refractivity contribution in [2.24, 2.45) is 5.92 Å². The molecular formula is C16H22N2O. The average molecular weight is 258 g/mol. The molecule has 1 heterocycles. The number of aromatic nitrogens is 2. The molecule has 2 aromatic rings. The number of nitrogens with zero attached hydrogens (tertiary/aromatic N) is 2. The molecule has 0 atom stereocenters. The molecule has 1 aromatic heterocycles. The minimum Gasteiger partial charge on any atom is -0.492 e. The highest BCUT2D eigenvalue weighted by Crippen LogP contribution is 2.31. The van der Waals surface area contributed by atoms with Crippen LogP contribution in [0.5, 0.6) is 5.88 Å². The van der Waals surface area contributed by atoms with Gasteiger partial charge in [0, 0.05) is 17.7 Å². The van der Waals surface area contributed by atoms with E-state index in [4.69, 9.17) is 0 Å². The molecule has 3 nitrogen and oxygen atoms in total. The van der Waals surface area contributed by atoms with Gasteiger partial charge in [-0.3, -0.25) is 4.68 Å². The molecule has 0 amide bonds. The van der Waals surface area contributed by atoms with Crippen LogP contribution < -0.4 is 0 Å². The summed E-state index contributed by atoms with van der Waals surface area (Å²) < 4.78 is 1.94. The second-order valence-corrected chi connectivity index (χ2v) is 5.34. The first-order valence-corrected chi connectivity index (χ1v) is 6.97. The predicted molar refractivity (Wildman–Crippen MR) is 78.2 cm³/mol. The highest BCUT2D eigenvalue weighted by atomic mass is 16.3. The third-order valence-corrected chi connectivity index (χ3v) is 3.11. The molecule has 3 heteroatoms. The standard InChI is InChI=1S/C16H22N2O/c1-4-8-14-15(13-9-6-5-7-10-13)18(11-12(2)3)17-16(14)19/h5-7,9-10,12H,4,8,11H2,1-3H3,(H,17,19). The van der Waals surface area contributed by atoms with Gasteiger partial charge in [0.05, 0.1) is 5.69 Å². The Morgan fingerprint density at radius 2 is 1.89 bits per heavy atom. The molecule has 0 aliphatic carbocycles. The van der Waals surface area contributed by atoms with Gasteiger partial charge in [0.1, 0.15) is 0 Å². The Hall–Kier alpha value is -1.77. The first-order valence-electron chi connectivity index (χ1n) is 6.97. The molecule has 0 fully saturated rings. The van der Waals surface area contributed by atoms with Crippen LogP contribution in [0.2, 0.25) is 0 Å². The van der Waals surface area contributed by atoms with Gasteiger partial charge >= 0.3 is 0 Å². The van der Waals surface area contributed by atoms with E-state index in [1.54, 1.807) is 0 Å². The van der Waals surface area contributed by atoms with Crippen LogP contribution in [0.25, 0.3) is 11.3 Å². The summed E-state index contributed by atoms with van der Waals surface area (Å²) in [4.78, 5) is 0. The molecule has 0 spiro atoms. The second kappa shape index (κ2) is 5.91. The van der Waals surface area contributed by atoms with Crippen LogP contribution in [0.4, 0.5) is 0 Å². The van der Waals surface area contributed by atoms with E-state index in [1.165, 1.54) is 0 Å². The van der Waals surface area contributed by atoms with Crippen molar-refractivity contribution in [2.75, 3.05) is 0 Å². The van der Waals surface area contributed by atoms with E-state index in [9.17, 15) is 5.11 Å². The molecule has 0 aliphatic rings. The van der Waals surface area contributed by atoms with Crippen molar-refractivity contribution >= 4 is 0 Å². The van der Waals surface area contributed by atoms with Gasteiger partial charge in [-0.05, 0) is 12.3 Å². The maximum Gasteiger partial charge on any atom is 0.234 e. The lowest BCUT2D eigenvalue weighted by atomic mass is 10.0. The molecule has 0 aliphatic heterocycles. The Morgan fingerprint density at radius 3 is 2.47 bits per heavy atom. The van der Waals surface area contributed by atoms with E-state index in [0.717, 1.165) is 36.2 Å². The number of aromatic hydroxyl groups is 1. The SMILES string of the molecule is CCCc1c(O)nn(CC(C)C)c1-c1ccccc1. The highest BCUT2D eigenvalue weighted by Gasteiger charge is 2.18. The maximum atomic E-state index is 10.1. The molecule has 0 saturated carbocycles. The van der Waals surface area contributed by atoms with Gasteiger partial charge in [0.15, 0.2) is 0 Å². The quantitative estimate of drug-likeness (QED) is 0.884. The highest BCUT2D eigenvalue weighted by molar-refractivity contribution is 5.65. The summed E-state index contributed by atoms with van der Waals surface area (Å²) in [6, 6.07) is 10.2. The summed E-state index contributed by atoms with van der Waals surface area (Å²) >= 11 is 0. The summed E-state index contributed by atoms with van der Waals surface area (Å²) in [5.74, 6) is 0.678. The summed E-state index contributed by atoms with van der Waals surface area (Å²) in [7, 11) is 0. The molecule has 0 saturated heterocycles. The number of hydrogen-bond donors (Lipinski definition) is 1. The van der Waals surface area contributed by atoms with Crippen molar-refractivity contribution in [1.82, 2.24) is 9.78 Å². The van der Waals surface area contributed by atoms with Crippen molar-refractivity contribution in [3.63, 3.8) is 0 Å². The molecule has 0 bridgehead atoms. The van der Waals surface area contributed by atoms with Crippen LogP contribution in [0.1, 0.15) is 32.8 Å². The van der Waals surface area contributed by atoms with E-state index in [1.807, 2.05) is 22.9 Å². The molecule has 0 unspecified atom stereocenters. The van der Waals surface area contributed by atoms with Gasteiger partial charge < -0.3 is 5.11 Å². The van der Waals surface area contributed by atoms with E-state index >= 15 is 0 Å². The Bertz CT molecular complexity index is 529. The lowest BCUT2D eigenvalue weighted by Gasteiger charge is -2.11. The molecule has 1 aromatic carbocycles. The normalized spacial score (nSPS) is 11.2. The summed E-state index contributed by atoms with van der Waals surface area (Å²) in [5.41, 5.74) is 3.16. The van der Waals surface area contributed by atoms with Crippen molar-refractivity contribution < 1.29 is 5.11 Å². The van der Waals surface area contributed by atoms with Crippen LogP contribution in [0.15, 0.2) is 30.3 Å². The molecule has 0 radical (unpaired) electrons. The van der Waals surface area contributed by atoms with Gasteiger partial charge in [-0.15, -0.1) is 5.10 Å². The van der Waals surface area contributed by atoms with Crippen LogP contribution in [-0.4, -0.2) is 14.9 Å². The zero-order chi connectivity index (χ0) is 13.8. The van der Waals surface area contributed by atoms with Crippen LogP contribution in [0, 0.1) is 5.92 Å². The zero-order valence-electron chi connectivity index (χ0n) is 11.9. The zero-order valence-corrected chi connectivity index (χ0v) is 11.9. The fraction of sp³-hybridized carbons (Fsp3) is 0.438. The number of benzene rings is 1. The summed E-state index contributed by atoms with van der Waals surface area (Å²) in [6.45, 7) is 7.26. The third-order valence-electron chi connectivity index (χ3n) is 3.11. The van der Waals surface area contributed by atoms with Gasteiger partial charge in [-0.25, -0.2) is 0 Å². The minimum atomic E-state index is 0.182. The van der Waals surface area contributed by atoms with Gasteiger partial charge in [0.2, 0.25) is 5.88 Å². The largest absolute Gasteiger partial charge is 0.492 e. The molecular weight excluding hydrogens is 236 g/mol. The topological polar surface area (TPSA) is 38.1 Å². The first-order chi connectivity index (χ1) is 9.13. The van der Waals surface area contributed by atoms with Gasteiger partial charge in [-0.1, -0.05) is 57.5 Å². The fourth-order valence-electron chi connectivity index (χ4n) is 2.36. The smallest absolute Gasteiger partial charge is 0.234 e. The van der Waals surface area contributed by atoms with Gasteiger partial charge in [0.25, 0.3) is 0 Å². The fourth-order valence-corrected chi connectivity index (χ4v) is 2.36. The molecule has 102 valence electrons. The summed E-state index contributed by atoms with van der Waals surface area (Å²) in [6.07, 6.45) is 1.86. The Labute approximate surface area is 114 Å². The van der Waals surface area contributed by atoms with Crippen molar-refractivity contribution in [1.29, 1.82) is 0 Å². The van der Waals surface area contributed by atoms with Crippen LogP contribution in [-0.2, 0) is 13.0 Å². The lowest BCUT2D eigenvalue weighted by Crippen LogP contribution is -2.08. The number of rotatable bonds is 5. The minimum absolute atomic E-state index is 0.182. The second-order valence-electron chi connectivity index (χ2n) is 5.34. The van der Waals surface area contributed by atoms with Crippen molar-refractivity contribution in [3.05, 3.63) is 35.9 Å². The first kappa shape index (κ1) is 13.7.